The van der Waals surface area contributed by atoms with E-state index in [0.29, 0.717) is 17.9 Å². The van der Waals surface area contributed by atoms with Crippen LogP contribution in [0.25, 0.3) is 0 Å². The molecule has 5 nitrogen and oxygen atoms in total. The number of amides is 2. The fraction of sp³-hybridized carbons (Fsp3) is 0.167. The Balaban J connectivity index is 1.58. The van der Waals surface area contributed by atoms with E-state index in [2.05, 4.69) is 17.6 Å². The highest BCUT2D eigenvalue weighted by atomic mass is 16.5. The lowest BCUT2D eigenvalue weighted by Gasteiger charge is -2.12. The van der Waals surface area contributed by atoms with E-state index in [4.69, 9.17) is 4.74 Å². The van der Waals surface area contributed by atoms with Crippen LogP contribution < -0.4 is 15.4 Å². The lowest BCUT2D eigenvalue weighted by atomic mass is 10.1. The van der Waals surface area contributed by atoms with E-state index >= 15 is 0 Å². The molecule has 0 heterocycles. The molecule has 0 atom stereocenters. The average Bonchev–Trinajstić information content (AvgIpc) is 2.77. The molecule has 0 aliphatic heterocycles. The number of anilines is 1. The topological polar surface area (TPSA) is 67.4 Å². The molecule has 148 valence electrons. The Morgan fingerprint density at radius 2 is 1.59 bits per heavy atom. The number of aryl methyl sites for hydroxylation is 1. The van der Waals surface area contributed by atoms with Crippen molar-refractivity contribution in [2.45, 2.75) is 19.9 Å². The summed E-state index contributed by atoms with van der Waals surface area (Å²) in [6, 6.07) is 24.2. The van der Waals surface area contributed by atoms with Gasteiger partial charge >= 0.3 is 0 Å². The number of rotatable bonds is 8. The molecule has 0 aliphatic carbocycles. The highest BCUT2D eigenvalue weighted by molar-refractivity contribution is 5.97. The zero-order valence-electron chi connectivity index (χ0n) is 16.4. The first-order valence-electron chi connectivity index (χ1n) is 9.58. The molecule has 3 aromatic rings. The quantitative estimate of drug-likeness (QED) is 0.608. The summed E-state index contributed by atoms with van der Waals surface area (Å²) in [6.45, 7) is 2.30. The highest BCUT2D eigenvalue weighted by Crippen LogP contribution is 2.18. The summed E-state index contributed by atoms with van der Waals surface area (Å²) in [7, 11) is 0. The number of hydrogen-bond donors (Lipinski definition) is 2. The first kappa shape index (κ1) is 20.1. The van der Waals surface area contributed by atoms with Gasteiger partial charge in [-0.25, -0.2) is 0 Å². The molecule has 0 radical (unpaired) electrons. The van der Waals surface area contributed by atoms with Crippen molar-refractivity contribution in [1.82, 2.24) is 5.32 Å². The molecule has 29 heavy (non-hydrogen) atoms. The molecular weight excluding hydrogens is 364 g/mol. The van der Waals surface area contributed by atoms with Gasteiger partial charge in [-0.05, 0) is 41.8 Å². The highest BCUT2D eigenvalue weighted by Gasteiger charge is 2.13. The molecule has 3 aromatic carbocycles. The van der Waals surface area contributed by atoms with E-state index in [0.717, 1.165) is 23.2 Å². The smallest absolute Gasteiger partial charge is 0.262 e. The third-order valence-corrected chi connectivity index (χ3v) is 4.41. The summed E-state index contributed by atoms with van der Waals surface area (Å²) in [6.07, 6.45) is 0.895. The maximum Gasteiger partial charge on any atom is 0.262 e. The molecule has 0 aromatic heterocycles. The molecule has 0 saturated carbocycles. The van der Waals surface area contributed by atoms with Crippen LogP contribution in [0.2, 0.25) is 0 Å². The molecule has 0 spiro atoms. The summed E-state index contributed by atoms with van der Waals surface area (Å²) in [5.41, 5.74) is 3.27. The molecular formula is C24H24N2O3. The van der Waals surface area contributed by atoms with Crippen molar-refractivity contribution in [1.29, 1.82) is 0 Å². The van der Waals surface area contributed by atoms with Gasteiger partial charge in [0.05, 0.1) is 5.56 Å². The first-order valence-corrected chi connectivity index (χ1v) is 9.58. The van der Waals surface area contributed by atoms with Crippen LogP contribution in [0.3, 0.4) is 0 Å². The molecule has 3 rings (SSSR count). The normalized spacial score (nSPS) is 10.2. The summed E-state index contributed by atoms with van der Waals surface area (Å²) in [5.74, 6) is -0.159. The van der Waals surface area contributed by atoms with Gasteiger partial charge in [0.25, 0.3) is 11.8 Å². The Morgan fingerprint density at radius 3 is 2.38 bits per heavy atom. The third-order valence-electron chi connectivity index (χ3n) is 4.41. The van der Waals surface area contributed by atoms with Crippen LogP contribution in [0.5, 0.6) is 5.75 Å². The van der Waals surface area contributed by atoms with E-state index in [1.54, 1.807) is 24.3 Å². The van der Waals surface area contributed by atoms with Crippen LogP contribution in [0.1, 0.15) is 28.4 Å². The lowest BCUT2D eigenvalue weighted by Crippen LogP contribution is -2.25. The number of benzene rings is 3. The summed E-state index contributed by atoms with van der Waals surface area (Å²) >= 11 is 0. The predicted octanol–water partition coefficient (Wildman–Crippen LogP) is 4.20. The van der Waals surface area contributed by atoms with Crippen LogP contribution in [0.15, 0.2) is 78.9 Å². The molecule has 0 saturated heterocycles. The number of ether oxygens (including phenoxy) is 1. The van der Waals surface area contributed by atoms with Crippen molar-refractivity contribution in [3.63, 3.8) is 0 Å². The van der Waals surface area contributed by atoms with Gasteiger partial charge in [-0.15, -0.1) is 0 Å². The van der Waals surface area contributed by atoms with Gasteiger partial charge in [-0.1, -0.05) is 61.5 Å². The Morgan fingerprint density at radius 1 is 0.862 bits per heavy atom. The van der Waals surface area contributed by atoms with Crippen molar-refractivity contribution < 1.29 is 14.3 Å². The maximum atomic E-state index is 12.6. The minimum absolute atomic E-state index is 0.181. The number of carbonyl (C=O) groups is 2. The Kier molecular flexibility index (Phi) is 7.00. The SMILES string of the molecule is CCc1cccc(NC(=O)COc2ccccc2C(=O)NCc2ccccc2)c1. The molecule has 2 N–H and O–H groups in total. The van der Waals surface area contributed by atoms with Crippen LogP contribution in [0, 0.1) is 0 Å². The molecule has 2 amide bonds. The summed E-state index contributed by atoms with van der Waals surface area (Å²) < 4.78 is 5.63. The van der Waals surface area contributed by atoms with Gasteiger partial charge in [0.2, 0.25) is 0 Å². The van der Waals surface area contributed by atoms with Gasteiger partial charge < -0.3 is 15.4 Å². The third kappa shape index (κ3) is 5.94. The van der Waals surface area contributed by atoms with E-state index < -0.39 is 0 Å². The van der Waals surface area contributed by atoms with Crippen molar-refractivity contribution in [2.24, 2.45) is 0 Å². The molecule has 0 unspecified atom stereocenters. The standard InChI is InChI=1S/C24H24N2O3/c1-2-18-11-8-12-20(15-18)26-23(27)17-29-22-14-7-6-13-21(22)24(28)25-16-19-9-4-3-5-10-19/h3-15H,2,16-17H2,1H3,(H,25,28)(H,26,27). The average molecular weight is 388 g/mol. The van der Waals surface area contributed by atoms with Crippen molar-refractivity contribution >= 4 is 17.5 Å². The Bertz CT molecular complexity index is 971. The maximum absolute atomic E-state index is 12.6. The number of nitrogens with one attached hydrogen (secondary N) is 2. The van der Waals surface area contributed by atoms with Crippen LogP contribution in [0.4, 0.5) is 5.69 Å². The second-order valence-electron chi connectivity index (χ2n) is 6.56. The monoisotopic (exact) mass is 388 g/mol. The summed E-state index contributed by atoms with van der Waals surface area (Å²) in [4.78, 5) is 24.8. The number of para-hydroxylation sites is 1. The van der Waals surface area contributed by atoms with E-state index in [1.165, 1.54) is 0 Å². The van der Waals surface area contributed by atoms with Gasteiger partial charge in [0, 0.05) is 12.2 Å². The van der Waals surface area contributed by atoms with Gasteiger partial charge in [0.15, 0.2) is 6.61 Å². The minimum Gasteiger partial charge on any atom is -0.483 e. The largest absolute Gasteiger partial charge is 0.483 e. The van der Waals surface area contributed by atoms with E-state index in [-0.39, 0.29) is 18.4 Å². The predicted molar refractivity (Wildman–Crippen MR) is 114 cm³/mol. The second-order valence-corrected chi connectivity index (χ2v) is 6.56. The van der Waals surface area contributed by atoms with Gasteiger partial charge in [-0.2, -0.15) is 0 Å². The second kappa shape index (κ2) is 10.1. The van der Waals surface area contributed by atoms with Crippen molar-refractivity contribution in [3.05, 3.63) is 95.6 Å². The fourth-order valence-corrected chi connectivity index (χ4v) is 2.86. The zero-order valence-corrected chi connectivity index (χ0v) is 16.4. The molecule has 0 fully saturated rings. The van der Waals surface area contributed by atoms with E-state index in [1.807, 2.05) is 54.6 Å². The molecule has 5 heteroatoms. The Hall–Kier alpha value is -3.60. The minimum atomic E-state index is -0.280. The van der Waals surface area contributed by atoms with Crippen LogP contribution in [-0.4, -0.2) is 18.4 Å². The van der Waals surface area contributed by atoms with Crippen LogP contribution in [-0.2, 0) is 17.8 Å². The molecule has 0 bridgehead atoms. The fourth-order valence-electron chi connectivity index (χ4n) is 2.86. The van der Waals surface area contributed by atoms with E-state index in [9.17, 15) is 9.59 Å². The van der Waals surface area contributed by atoms with Gasteiger partial charge in [-0.3, -0.25) is 9.59 Å². The zero-order chi connectivity index (χ0) is 20.5. The number of carbonyl (C=O) groups excluding carboxylic acids is 2. The van der Waals surface area contributed by atoms with Crippen molar-refractivity contribution in [2.75, 3.05) is 11.9 Å². The molecule has 0 aliphatic rings. The lowest BCUT2D eigenvalue weighted by molar-refractivity contribution is -0.118. The number of hydrogen-bond acceptors (Lipinski definition) is 3. The summed E-state index contributed by atoms with van der Waals surface area (Å²) in [5, 5.41) is 5.69. The van der Waals surface area contributed by atoms with Crippen LogP contribution >= 0.6 is 0 Å². The van der Waals surface area contributed by atoms with Gasteiger partial charge in [0.1, 0.15) is 5.75 Å². The Labute approximate surface area is 170 Å². The first-order chi connectivity index (χ1) is 14.2. The van der Waals surface area contributed by atoms with Crippen molar-refractivity contribution in [3.8, 4) is 5.75 Å².